The molecule has 1 N–H and O–H groups in total. The first kappa shape index (κ1) is 15.1. The highest BCUT2D eigenvalue weighted by Crippen LogP contribution is 2.23. The van der Waals surface area contributed by atoms with Gasteiger partial charge in [-0.2, -0.15) is 5.10 Å². The lowest BCUT2D eigenvalue weighted by Gasteiger charge is -2.23. The minimum absolute atomic E-state index is 0.499. The zero-order valence-electron chi connectivity index (χ0n) is 14.4. The predicted molar refractivity (Wildman–Crippen MR) is 93.3 cm³/mol. The molecular formula is C18H22N6. The maximum absolute atomic E-state index is 4.78. The lowest BCUT2D eigenvalue weighted by atomic mass is 10.0. The van der Waals surface area contributed by atoms with E-state index in [1.54, 1.807) is 0 Å². The van der Waals surface area contributed by atoms with E-state index < -0.39 is 0 Å². The lowest BCUT2D eigenvalue weighted by molar-refractivity contribution is 0.671. The summed E-state index contributed by atoms with van der Waals surface area (Å²) in [6.45, 7) is 6.16. The Morgan fingerprint density at radius 3 is 2.92 bits per heavy atom. The molecule has 0 saturated heterocycles. The van der Waals surface area contributed by atoms with Crippen molar-refractivity contribution in [3.05, 3.63) is 46.8 Å². The Morgan fingerprint density at radius 2 is 2.08 bits per heavy atom. The van der Waals surface area contributed by atoms with Crippen molar-refractivity contribution >= 4 is 11.5 Å². The molecule has 6 heteroatoms. The molecule has 3 aromatic heterocycles. The van der Waals surface area contributed by atoms with E-state index in [1.165, 1.54) is 12.0 Å². The van der Waals surface area contributed by atoms with E-state index >= 15 is 0 Å². The number of hydrogen-bond acceptors (Lipinski definition) is 5. The highest BCUT2D eigenvalue weighted by molar-refractivity contribution is 5.48. The van der Waals surface area contributed by atoms with Gasteiger partial charge in [-0.1, -0.05) is 6.07 Å². The topological polar surface area (TPSA) is 68.0 Å². The third-order valence-corrected chi connectivity index (χ3v) is 4.62. The van der Waals surface area contributed by atoms with E-state index in [2.05, 4.69) is 39.4 Å². The van der Waals surface area contributed by atoms with Gasteiger partial charge in [0, 0.05) is 24.4 Å². The zero-order chi connectivity index (χ0) is 16.7. The number of fused-ring (bicyclic) bond motifs is 2. The highest BCUT2D eigenvalue weighted by Gasteiger charge is 2.16. The summed E-state index contributed by atoms with van der Waals surface area (Å²) in [7, 11) is 0. The molecule has 4 heterocycles. The van der Waals surface area contributed by atoms with Crippen LogP contribution in [0, 0.1) is 13.8 Å². The van der Waals surface area contributed by atoms with Crippen LogP contribution in [0.3, 0.4) is 0 Å². The summed E-state index contributed by atoms with van der Waals surface area (Å²) in [6.07, 6.45) is 5.73. The van der Waals surface area contributed by atoms with Gasteiger partial charge >= 0.3 is 0 Å². The summed E-state index contributed by atoms with van der Waals surface area (Å²) in [4.78, 5) is 13.8. The average molecular weight is 322 g/mol. The molecule has 6 nitrogen and oxygen atoms in total. The van der Waals surface area contributed by atoms with E-state index in [4.69, 9.17) is 4.98 Å². The summed E-state index contributed by atoms with van der Waals surface area (Å²) >= 11 is 0. The number of pyridine rings is 1. The van der Waals surface area contributed by atoms with Gasteiger partial charge in [0.25, 0.3) is 0 Å². The second kappa shape index (κ2) is 5.85. The fraction of sp³-hybridized carbons (Fsp3) is 0.444. The van der Waals surface area contributed by atoms with Crippen LogP contribution in [0.5, 0.6) is 0 Å². The summed E-state index contributed by atoms with van der Waals surface area (Å²) < 4.78 is 1.88. The first-order chi connectivity index (χ1) is 11.6. The second-order valence-electron chi connectivity index (χ2n) is 6.64. The van der Waals surface area contributed by atoms with Crippen LogP contribution in [0.4, 0.5) is 5.82 Å². The fourth-order valence-corrected chi connectivity index (χ4v) is 3.16. The SMILES string of the molecule is Cc1ncc(C)n2nc(CCc3ccc4c(n3)N[C@@H](C)CC4)nc12. The molecule has 124 valence electrons. The van der Waals surface area contributed by atoms with E-state index in [0.29, 0.717) is 6.04 Å². The second-order valence-corrected chi connectivity index (χ2v) is 6.64. The molecule has 1 aliphatic heterocycles. The quantitative estimate of drug-likeness (QED) is 0.803. The maximum Gasteiger partial charge on any atom is 0.177 e. The Kier molecular flexibility index (Phi) is 3.67. The van der Waals surface area contributed by atoms with Crippen LogP contribution >= 0.6 is 0 Å². The summed E-state index contributed by atoms with van der Waals surface area (Å²) in [5.41, 5.74) is 5.16. The molecule has 0 spiro atoms. The van der Waals surface area contributed by atoms with Gasteiger partial charge in [-0.25, -0.2) is 14.5 Å². The van der Waals surface area contributed by atoms with Crippen molar-refractivity contribution in [2.24, 2.45) is 0 Å². The minimum atomic E-state index is 0.499. The Morgan fingerprint density at radius 1 is 1.21 bits per heavy atom. The van der Waals surface area contributed by atoms with Gasteiger partial charge in [-0.3, -0.25) is 4.98 Å². The van der Waals surface area contributed by atoms with Crippen LogP contribution < -0.4 is 5.32 Å². The molecule has 0 bridgehead atoms. The van der Waals surface area contributed by atoms with Gasteiger partial charge < -0.3 is 5.32 Å². The normalized spacial score (nSPS) is 16.9. The lowest BCUT2D eigenvalue weighted by Crippen LogP contribution is -2.23. The van der Waals surface area contributed by atoms with Crippen molar-refractivity contribution in [3.8, 4) is 0 Å². The predicted octanol–water partition coefficient (Wildman–Crippen LogP) is 2.67. The highest BCUT2D eigenvalue weighted by atomic mass is 15.3. The van der Waals surface area contributed by atoms with Crippen LogP contribution in [0.2, 0.25) is 0 Å². The van der Waals surface area contributed by atoms with Gasteiger partial charge in [0.05, 0.1) is 11.4 Å². The molecule has 0 radical (unpaired) electrons. The van der Waals surface area contributed by atoms with Crippen LogP contribution in [-0.4, -0.2) is 30.6 Å². The monoisotopic (exact) mass is 322 g/mol. The van der Waals surface area contributed by atoms with Crippen molar-refractivity contribution in [2.45, 2.75) is 52.5 Å². The Labute approximate surface area is 141 Å². The third-order valence-electron chi connectivity index (χ3n) is 4.62. The molecule has 1 aliphatic rings. The maximum atomic E-state index is 4.78. The summed E-state index contributed by atoms with van der Waals surface area (Å²) in [5, 5.41) is 8.09. The average Bonchev–Trinajstić information content (AvgIpc) is 3.01. The van der Waals surface area contributed by atoms with Gasteiger partial charge in [-0.15, -0.1) is 0 Å². The molecule has 4 rings (SSSR count). The fourth-order valence-electron chi connectivity index (χ4n) is 3.16. The number of aryl methyl sites for hydroxylation is 5. The van der Waals surface area contributed by atoms with E-state index in [0.717, 1.165) is 53.6 Å². The van der Waals surface area contributed by atoms with Crippen molar-refractivity contribution in [2.75, 3.05) is 5.32 Å². The number of aromatic nitrogens is 5. The van der Waals surface area contributed by atoms with Crippen molar-refractivity contribution in [3.63, 3.8) is 0 Å². The summed E-state index contributed by atoms with van der Waals surface area (Å²) in [5.74, 6) is 1.89. The molecule has 1 atom stereocenters. The van der Waals surface area contributed by atoms with E-state index in [9.17, 15) is 0 Å². The van der Waals surface area contributed by atoms with Gasteiger partial charge in [0.15, 0.2) is 11.5 Å². The Balaban J connectivity index is 1.54. The molecule has 0 aliphatic carbocycles. The number of nitrogens with one attached hydrogen (secondary N) is 1. The number of nitrogens with zero attached hydrogens (tertiary/aromatic N) is 5. The largest absolute Gasteiger partial charge is 0.367 e. The van der Waals surface area contributed by atoms with Crippen LogP contribution in [0.25, 0.3) is 5.65 Å². The number of hydrogen-bond donors (Lipinski definition) is 1. The molecular weight excluding hydrogens is 300 g/mol. The van der Waals surface area contributed by atoms with Crippen molar-refractivity contribution in [1.29, 1.82) is 0 Å². The molecule has 3 aromatic rings. The zero-order valence-corrected chi connectivity index (χ0v) is 14.4. The molecule has 0 fully saturated rings. The first-order valence-corrected chi connectivity index (χ1v) is 8.53. The number of rotatable bonds is 3. The third kappa shape index (κ3) is 2.72. The standard InChI is InChI=1S/C18H22N6/c1-11-4-5-14-6-7-15(21-17(14)20-11)8-9-16-22-18-13(3)19-10-12(2)24(18)23-16/h6-7,10-11H,4-5,8-9H2,1-3H3,(H,20,21)/t11-/m0/s1. The van der Waals surface area contributed by atoms with Crippen molar-refractivity contribution in [1.82, 2.24) is 24.6 Å². The molecule has 0 amide bonds. The Hall–Kier alpha value is -2.50. The molecule has 0 aromatic carbocycles. The van der Waals surface area contributed by atoms with Crippen LogP contribution in [0.1, 0.15) is 41.8 Å². The minimum Gasteiger partial charge on any atom is -0.367 e. The van der Waals surface area contributed by atoms with E-state index in [1.807, 2.05) is 24.6 Å². The smallest absolute Gasteiger partial charge is 0.177 e. The molecule has 0 saturated carbocycles. The van der Waals surface area contributed by atoms with Crippen LogP contribution in [0.15, 0.2) is 18.3 Å². The van der Waals surface area contributed by atoms with Gasteiger partial charge in [0.2, 0.25) is 0 Å². The van der Waals surface area contributed by atoms with Gasteiger partial charge in [0.1, 0.15) is 5.82 Å². The van der Waals surface area contributed by atoms with Crippen LogP contribution in [-0.2, 0) is 19.3 Å². The molecule has 0 unspecified atom stereocenters. The Bertz CT molecular complexity index is 859. The first-order valence-electron chi connectivity index (χ1n) is 8.53. The van der Waals surface area contributed by atoms with E-state index in [-0.39, 0.29) is 0 Å². The van der Waals surface area contributed by atoms with Crippen molar-refractivity contribution < 1.29 is 0 Å². The molecule has 24 heavy (non-hydrogen) atoms. The summed E-state index contributed by atoms with van der Waals surface area (Å²) in [6, 6.07) is 4.83. The number of anilines is 1. The van der Waals surface area contributed by atoms with Gasteiger partial charge in [-0.05, 0) is 51.7 Å².